The SMILES string of the molecule is Cc1nccc(OC2CCN(C(=O)c3ccno3)CC2)n1. The van der Waals surface area contributed by atoms with Crippen LogP contribution in [0.3, 0.4) is 0 Å². The first-order valence-electron chi connectivity index (χ1n) is 6.88. The maximum Gasteiger partial charge on any atom is 0.292 e. The van der Waals surface area contributed by atoms with Gasteiger partial charge in [-0.2, -0.15) is 4.98 Å². The van der Waals surface area contributed by atoms with Crippen LogP contribution in [0.25, 0.3) is 0 Å². The molecule has 0 aromatic carbocycles. The van der Waals surface area contributed by atoms with Gasteiger partial charge >= 0.3 is 0 Å². The number of aromatic nitrogens is 3. The van der Waals surface area contributed by atoms with Gasteiger partial charge in [0.1, 0.15) is 11.9 Å². The topological polar surface area (TPSA) is 81.4 Å². The largest absolute Gasteiger partial charge is 0.474 e. The third kappa shape index (κ3) is 3.18. The average molecular weight is 288 g/mol. The number of nitrogens with zero attached hydrogens (tertiary/aromatic N) is 4. The lowest BCUT2D eigenvalue weighted by Crippen LogP contribution is -2.41. The summed E-state index contributed by atoms with van der Waals surface area (Å²) < 4.78 is 10.7. The number of aryl methyl sites for hydroxylation is 1. The molecule has 3 rings (SSSR count). The van der Waals surface area contributed by atoms with E-state index in [0.29, 0.717) is 24.8 Å². The highest BCUT2D eigenvalue weighted by Crippen LogP contribution is 2.18. The van der Waals surface area contributed by atoms with E-state index in [1.165, 1.54) is 6.20 Å². The molecule has 21 heavy (non-hydrogen) atoms. The zero-order chi connectivity index (χ0) is 14.7. The van der Waals surface area contributed by atoms with E-state index in [1.54, 1.807) is 23.2 Å². The van der Waals surface area contributed by atoms with Gasteiger partial charge in [-0.3, -0.25) is 4.79 Å². The Morgan fingerprint density at radius 1 is 1.33 bits per heavy atom. The van der Waals surface area contributed by atoms with Crippen LogP contribution >= 0.6 is 0 Å². The van der Waals surface area contributed by atoms with Gasteiger partial charge in [0.2, 0.25) is 11.6 Å². The molecule has 0 radical (unpaired) electrons. The molecule has 7 heteroatoms. The molecule has 0 saturated carbocycles. The quantitative estimate of drug-likeness (QED) is 0.850. The van der Waals surface area contributed by atoms with Crippen molar-refractivity contribution in [1.29, 1.82) is 0 Å². The summed E-state index contributed by atoms with van der Waals surface area (Å²) in [6.45, 7) is 3.09. The molecule has 0 spiro atoms. The van der Waals surface area contributed by atoms with E-state index in [-0.39, 0.29) is 17.8 Å². The van der Waals surface area contributed by atoms with Crippen LogP contribution in [0.5, 0.6) is 5.88 Å². The van der Waals surface area contributed by atoms with Gasteiger partial charge in [0.05, 0.1) is 6.20 Å². The summed E-state index contributed by atoms with van der Waals surface area (Å²) >= 11 is 0. The summed E-state index contributed by atoms with van der Waals surface area (Å²) in [4.78, 5) is 22.1. The minimum absolute atomic E-state index is 0.0677. The molecule has 0 bridgehead atoms. The van der Waals surface area contributed by atoms with Crippen molar-refractivity contribution in [2.45, 2.75) is 25.9 Å². The Morgan fingerprint density at radius 2 is 2.14 bits per heavy atom. The van der Waals surface area contributed by atoms with E-state index in [1.807, 2.05) is 6.92 Å². The van der Waals surface area contributed by atoms with Crippen molar-refractivity contribution >= 4 is 5.91 Å². The summed E-state index contributed by atoms with van der Waals surface area (Å²) in [6.07, 6.45) is 4.75. The Balaban J connectivity index is 1.54. The molecule has 110 valence electrons. The third-order valence-electron chi connectivity index (χ3n) is 3.42. The summed E-state index contributed by atoms with van der Waals surface area (Å²) in [6, 6.07) is 3.33. The van der Waals surface area contributed by atoms with Crippen LogP contribution in [0.4, 0.5) is 0 Å². The van der Waals surface area contributed by atoms with Crippen LogP contribution in [0.2, 0.25) is 0 Å². The van der Waals surface area contributed by atoms with E-state index in [2.05, 4.69) is 15.1 Å². The zero-order valence-electron chi connectivity index (χ0n) is 11.7. The number of hydrogen-bond donors (Lipinski definition) is 0. The summed E-state index contributed by atoms with van der Waals surface area (Å²) in [5.41, 5.74) is 0. The first-order chi connectivity index (χ1) is 10.2. The molecular formula is C14H16N4O3. The molecule has 1 amide bonds. The minimum atomic E-state index is -0.121. The number of likely N-dealkylation sites (tertiary alicyclic amines) is 1. The molecule has 7 nitrogen and oxygen atoms in total. The highest BCUT2D eigenvalue weighted by atomic mass is 16.5. The molecule has 1 fully saturated rings. The Morgan fingerprint density at radius 3 is 2.81 bits per heavy atom. The molecule has 2 aromatic heterocycles. The number of hydrogen-bond acceptors (Lipinski definition) is 6. The van der Waals surface area contributed by atoms with Crippen molar-refractivity contribution in [1.82, 2.24) is 20.0 Å². The lowest BCUT2D eigenvalue weighted by Gasteiger charge is -2.31. The molecule has 0 atom stereocenters. The smallest absolute Gasteiger partial charge is 0.292 e. The van der Waals surface area contributed by atoms with Gasteiger partial charge in [0.25, 0.3) is 5.91 Å². The molecule has 0 aliphatic carbocycles. The second kappa shape index (κ2) is 5.90. The van der Waals surface area contributed by atoms with E-state index in [9.17, 15) is 4.79 Å². The molecular weight excluding hydrogens is 272 g/mol. The zero-order valence-corrected chi connectivity index (χ0v) is 11.7. The molecule has 1 saturated heterocycles. The van der Waals surface area contributed by atoms with Gasteiger partial charge in [-0.1, -0.05) is 5.16 Å². The van der Waals surface area contributed by atoms with Crippen molar-refractivity contribution in [3.63, 3.8) is 0 Å². The van der Waals surface area contributed by atoms with Crippen molar-refractivity contribution in [2.75, 3.05) is 13.1 Å². The highest BCUT2D eigenvalue weighted by Gasteiger charge is 2.26. The highest BCUT2D eigenvalue weighted by molar-refractivity contribution is 5.91. The Hall–Kier alpha value is -2.44. The lowest BCUT2D eigenvalue weighted by atomic mass is 10.1. The van der Waals surface area contributed by atoms with Crippen molar-refractivity contribution < 1.29 is 14.1 Å². The van der Waals surface area contributed by atoms with Gasteiger partial charge in [0, 0.05) is 44.3 Å². The summed E-state index contributed by atoms with van der Waals surface area (Å²) in [5.74, 6) is 1.43. The van der Waals surface area contributed by atoms with Crippen molar-refractivity contribution in [3.05, 3.63) is 36.1 Å². The minimum Gasteiger partial charge on any atom is -0.474 e. The molecule has 0 N–H and O–H groups in total. The molecule has 3 heterocycles. The number of piperidine rings is 1. The van der Waals surface area contributed by atoms with Gasteiger partial charge in [-0.15, -0.1) is 0 Å². The van der Waals surface area contributed by atoms with E-state index in [4.69, 9.17) is 9.26 Å². The lowest BCUT2D eigenvalue weighted by molar-refractivity contribution is 0.0551. The van der Waals surface area contributed by atoms with Crippen molar-refractivity contribution in [2.24, 2.45) is 0 Å². The predicted octanol–water partition coefficient (Wildman–Crippen LogP) is 1.46. The van der Waals surface area contributed by atoms with Crippen molar-refractivity contribution in [3.8, 4) is 5.88 Å². The fourth-order valence-electron chi connectivity index (χ4n) is 2.33. The van der Waals surface area contributed by atoms with E-state index < -0.39 is 0 Å². The second-order valence-corrected chi connectivity index (χ2v) is 4.93. The second-order valence-electron chi connectivity index (χ2n) is 4.93. The fraction of sp³-hybridized carbons (Fsp3) is 0.429. The molecule has 2 aromatic rings. The molecule has 1 aliphatic heterocycles. The maximum atomic E-state index is 12.1. The normalized spacial score (nSPS) is 16.0. The van der Waals surface area contributed by atoms with Gasteiger partial charge < -0.3 is 14.2 Å². The first-order valence-corrected chi connectivity index (χ1v) is 6.88. The standard InChI is InChI=1S/C14H16N4O3/c1-10-15-6-3-13(17-10)20-11-4-8-18(9-5-11)14(19)12-2-7-16-21-12/h2-3,6-7,11H,4-5,8-9H2,1H3. The first kappa shape index (κ1) is 13.5. The van der Waals surface area contributed by atoms with Crippen LogP contribution in [-0.2, 0) is 0 Å². The molecule has 0 unspecified atom stereocenters. The summed E-state index contributed by atoms with van der Waals surface area (Å²) in [7, 11) is 0. The Bertz CT molecular complexity index is 606. The van der Waals surface area contributed by atoms with Crippen LogP contribution in [0.1, 0.15) is 29.2 Å². The average Bonchev–Trinajstić information content (AvgIpc) is 3.01. The number of carbonyl (C=O) groups excluding carboxylic acids is 1. The van der Waals surface area contributed by atoms with Gasteiger partial charge in [-0.05, 0) is 6.92 Å². The Kier molecular flexibility index (Phi) is 3.81. The van der Waals surface area contributed by atoms with Gasteiger partial charge in [-0.25, -0.2) is 4.98 Å². The number of carbonyl (C=O) groups is 1. The van der Waals surface area contributed by atoms with Crippen LogP contribution in [0.15, 0.2) is 29.0 Å². The molecule has 1 aliphatic rings. The number of ether oxygens (including phenoxy) is 1. The fourth-order valence-corrected chi connectivity index (χ4v) is 2.33. The number of amides is 1. The van der Waals surface area contributed by atoms with Crippen LogP contribution < -0.4 is 4.74 Å². The monoisotopic (exact) mass is 288 g/mol. The third-order valence-corrected chi connectivity index (χ3v) is 3.42. The van der Waals surface area contributed by atoms with E-state index in [0.717, 1.165) is 12.8 Å². The van der Waals surface area contributed by atoms with Crippen LogP contribution in [0, 0.1) is 6.92 Å². The number of rotatable bonds is 3. The Labute approximate surface area is 121 Å². The van der Waals surface area contributed by atoms with E-state index >= 15 is 0 Å². The summed E-state index contributed by atoms with van der Waals surface area (Å²) in [5, 5.41) is 3.56. The van der Waals surface area contributed by atoms with Gasteiger partial charge in [0.15, 0.2) is 0 Å². The predicted molar refractivity (Wildman–Crippen MR) is 72.8 cm³/mol. The maximum absolute atomic E-state index is 12.1. The van der Waals surface area contributed by atoms with Crippen LogP contribution in [-0.4, -0.2) is 45.1 Å².